The van der Waals surface area contributed by atoms with E-state index in [1.165, 1.54) is 37.4 Å². The Balaban J connectivity index is 0.000000144. The standard InChI is InChI=1S/C28H27ClN4O2.C27H29N5O2.2C25H25N5O2S/c1-28(23-11-5-9-21(15-23)22-10-6-12-24(29)16-22)26(35)33(27(30)31-28)18-19-13-14-32(17-19)25(34)20-7-3-2-4-8-20;28-23(20-12-4-1-5-13-20)24(33)30-18-10-11-19-32-25(34)27(31-26(32)29,21-14-6-2-7-15-21)22-16-8-3-9-17-22;2*1-15(2)32-21-9-8-18(13-28-21)22-23(31)30(4)24(27)29-25(22,3)20-11-19(14-33-20)17-7-5-6-16(10-17)12-26/h2-12,15-16,19H,13-14,17-18H2,1H3,(H2,30,31);1-9,12-17,23H,10-11,18-19,28H2,(H2,29,31)(H,30,33);2*5-11,13-15,22H,1-4H3,(H2,27,29)/t19-,28?;23-;22-,25+;22-,25-/m0001/s1. The fourth-order valence-electron chi connectivity index (χ4n) is 17.1. The highest BCUT2D eigenvalue weighted by atomic mass is 35.5. The third kappa shape index (κ3) is 21.1. The lowest BCUT2D eigenvalue weighted by molar-refractivity contribution is -0.132. The van der Waals surface area contributed by atoms with Crippen molar-refractivity contribution < 1.29 is 38.2 Å². The van der Waals surface area contributed by atoms with Crippen LogP contribution in [-0.2, 0) is 46.1 Å². The molecule has 688 valence electrons. The Bertz CT molecular complexity index is 6310. The molecule has 0 bridgehead atoms. The summed E-state index contributed by atoms with van der Waals surface area (Å²) < 4.78 is 11.3. The predicted octanol–water partition coefficient (Wildman–Crippen LogP) is 15.7. The van der Waals surface area contributed by atoms with Gasteiger partial charge in [-0.05, 0) is 218 Å². The number of nitrogens with two attached hydrogens (primary N) is 5. The number of rotatable bonds is 24. The normalized spacial score (nSPS) is 19.6. The molecule has 1 unspecified atom stereocenters. The highest BCUT2D eigenvalue weighted by Crippen LogP contribution is 2.50. The number of likely N-dealkylation sites (tertiary alicyclic amines) is 1. The number of nitrogens with zero attached hydrogens (tertiary/aromatic N) is 13. The second kappa shape index (κ2) is 41.8. The van der Waals surface area contributed by atoms with E-state index in [0.717, 1.165) is 82.9 Å². The van der Waals surface area contributed by atoms with Crippen LogP contribution in [0.15, 0.2) is 298 Å². The van der Waals surface area contributed by atoms with Crippen molar-refractivity contribution in [1.82, 2.24) is 39.8 Å². The molecule has 0 aliphatic carbocycles. The molecule has 12 aromatic rings. The first-order valence-electron chi connectivity index (χ1n) is 44.3. The van der Waals surface area contributed by atoms with Crippen molar-refractivity contribution in [3.8, 4) is 57.3 Å². The molecule has 0 saturated carbocycles. The maximum Gasteiger partial charge on any atom is 0.266 e. The number of thiophene rings is 2. The van der Waals surface area contributed by atoms with Crippen LogP contribution in [0.4, 0.5) is 0 Å². The molecule has 27 nitrogen and oxygen atoms in total. The van der Waals surface area contributed by atoms with E-state index in [9.17, 15) is 39.3 Å². The molecule has 1 fully saturated rings. The first-order valence-corrected chi connectivity index (χ1v) is 46.4. The predicted molar refractivity (Wildman–Crippen MR) is 529 cm³/mol. The van der Waals surface area contributed by atoms with Gasteiger partial charge in [0, 0.05) is 91.7 Å². The number of likely N-dealkylation sites (N-methyl/N-ethyl adjacent to an activating group) is 2. The summed E-state index contributed by atoms with van der Waals surface area (Å²) in [4.78, 5) is 116. The zero-order chi connectivity index (χ0) is 96.0. The molecule has 6 amide bonds. The van der Waals surface area contributed by atoms with E-state index in [-0.39, 0.29) is 77.4 Å². The molecule has 17 rings (SSSR count). The van der Waals surface area contributed by atoms with E-state index in [4.69, 9.17) is 64.7 Å². The number of amides is 6. The number of nitrogens with one attached hydrogen (secondary N) is 1. The summed E-state index contributed by atoms with van der Waals surface area (Å²) in [6, 6.07) is 82.7. The van der Waals surface area contributed by atoms with Gasteiger partial charge in [0.1, 0.15) is 17.1 Å². The number of nitriles is 2. The fraction of sp³-hybridized carbons (Fsp3) is 0.257. The number of carbonyl (C=O) groups excluding carboxylic acids is 6. The molecule has 5 aliphatic rings. The van der Waals surface area contributed by atoms with E-state index in [1.807, 2.05) is 288 Å². The number of hydrogen-bond donors (Lipinski definition) is 6. The molecule has 11 N–H and O–H groups in total. The van der Waals surface area contributed by atoms with Crippen LogP contribution in [0.3, 0.4) is 0 Å². The van der Waals surface area contributed by atoms with Gasteiger partial charge in [-0.15, -0.1) is 22.7 Å². The third-order valence-electron chi connectivity index (χ3n) is 24.3. The van der Waals surface area contributed by atoms with Crippen molar-refractivity contribution in [3.63, 3.8) is 0 Å². The van der Waals surface area contributed by atoms with E-state index in [0.29, 0.717) is 79.0 Å². The molecule has 30 heteroatoms. The Kier molecular flexibility index (Phi) is 29.8. The van der Waals surface area contributed by atoms with Crippen molar-refractivity contribution in [3.05, 3.63) is 343 Å². The number of aromatic nitrogens is 2. The monoisotopic (exact) mass is 1860 g/mol. The van der Waals surface area contributed by atoms with E-state index >= 15 is 0 Å². The minimum atomic E-state index is -1.19. The smallest absolute Gasteiger partial charge is 0.266 e. The summed E-state index contributed by atoms with van der Waals surface area (Å²) in [5.74, 6) is -0.106. The van der Waals surface area contributed by atoms with Gasteiger partial charge in [0.15, 0.2) is 34.9 Å². The average molecular weight is 1860 g/mol. The maximum absolute atomic E-state index is 13.7. The van der Waals surface area contributed by atoms with Gasteiger partial charge in [0.2, 0.25) is 29.5 Å². The van der Waals surface area contributed by atoms with Crippen molar-refractivity contribution in [2.45, 2.75) is 120 Å². The Morgan fingerprint density at radius 2 is 0.978 bits per heavy atom. The molecule has 0 spiro atoms. The Morgan fingerprint density at radius 1 is 0.519 bits per heavy atom. The van der Waals surface area contributed by atoms with Crippen molar-refractivity contribution in [1.29, 1.82) is 10.5 Å². The van der Waals surface area contributed by atoms with Crippen molar-refractivity contribution in [2.24, 2.45) is 54.6 Å². The SMILES string of the molecule is CC(C)Oc1ccc([C@@H]2C(=O)N(C)C(N)=N[C@]2(C)c2cc(-c3cccc(C#N)c3)cs2)cn1.CC(C)Oc1ccc([C@H]2C(=O)N(C)C(N)=N[C@]2(C)c2cc(-c3cccc(C#N)c3)cs2)cn1.CC1(c2cccc(-c3cccc(Cl)c3)c2)N=C(N)N(C[C@H]2CCN(C(=O)c3ccccc3)C2)C1=O.NC1=NC(c2ccccc2)(c2ccccc2)C(=O)N1CCCCNC(=O)[C@@H](N)c1ccccc1. The number of benzene rings is 8. The van der Waals surface area contributed by atoms with Crippen LogP contribution < -0.4 is 43.5 Å². The molecule has 9 heterocycles. The van der Waals surface area contributed by atoms with Gasteiger partial charge in [-0.2, -0.15) is 10.5 Å². The zero-order valence-corrected chi connectivity index (χ0v) is 78.7. The van der Waals surface area contributed by atoms with Crippen molar-refractivity contribution >= 4 is 93.6 Å². The number of guanidine groups is 4. The summed E-state index contributed by atoms with van der Waals surface area (Å²) in [7, 11) is 3.26. The summed E-state index contributed by atoms with van der Waals surface area (Å²) >= 11 is 9.21. The maximum atomic E-state index is 13.7. The van der Waals surface area contributed by atoms with Crippen LogP contribution >= 0.6 is 34.3 Å². The zero-order valence-electron chi connectivity index (χ0n) is 76.3. The average Bonchev–Trinajstić information content (AvgIpc) is 1.73. The van der Waals surface area contributed by atoms with Gasteiger partial charge in [0.05, 0.1) is 47.3 Å². The summed E-state index contributed by atoms with van der Waals surface area (Å²) in [6.45, 7) is 16.0. The molecule has 5 aliphatic heterocycles. The summed E-state index contributed by atoms with van der Waals surface area (Å²) in [6.07, 6.45) is 5.50. The first kappa shape index (κ1) is 96.1. The van der Waals surface area contributed by atoms with Crippen LogP contribution in [0.25, 0.3) is 33.4 Å². The van der Waals surface area contributed by atoms with Gasteiger partial charge < -0.3 is 48.4 Å². The van der Waals surface area contributed by atoms with Crippen LogP contribution in [0.5, 0.6) is 11.8 Å². The van der Waals surface area contributed by atoms with Crippen LogP contribution in [0.2, 0.25) is 5.02 Å². The second-order valence-corrected chi connectivity index (χ2v) is 36.7. The fourth-order valence-corrected chi connectivity index (χ4v) is 19.4. The first-order chi connectivity index (χ1) is 64.8. The highest BCUT2D eigenvalue weighted by Gasteiger charge is 2.53. The number of hydrogen-bond acceptors (Lipinski definition) is 23. The molecule has 135 heavy (non-hydrogen) atoms. The Labute approximate surface area is 798 Å². The Morgan fingerprint density at radius 3 is 1.46 bits per heavy atom. The van der Waals surface area contributed by atoms with Gasteiger partial charge in [-0.3, -0.25) is 48.4 Å². The van der Waals surface area contributed by atoms with Gasteiger partial charge >= 0.3 is 0 Å². The number of carbonyl (C=O) groups is 6. The lowest BCUT2D eigenvalue weighted by Crippen LogP contribution is -2.52. The molecule has 4 aromatic heterocycles. The largest absolute Gasteiger partial charge is 0.475 e. The van der Waals surface area contributed by atoms with E-state index < -0.39 is 40.0 Å². The van der Waals surface area contributed by atoms with Crippen LogP contribution in [-0.4, -0.2) is 153 Å². The van der Waals surface area contributed by atoms with Crippen LogP contribution in [0.1, 0.15) is 150 Å². The van der Waals surface area contributed by atoms with Gasteiger partial charge in [-0.25, -0.2) is 29.9 Å². The number of aliphatic imine (C=N–C) groups is 4. The third-order valence-corrected chi connectivity index (χ3v) is 26.9. The molecular weight excluding hydrogens is 1750 g/mol. The molecular formula is C105H106ClN19O8S2. The topological polar surface area (TPSA) is 402 Å². The lowest BCUT2D eigenvalue weighted by atomic mass is 9.78. The lowest BCUT2D eigenvalue weighted by Gasteiger charge is -2.39. The van der Waals surface area contributed by atoms with Crippen LogP contribution in [0, 0.1) is 28.6 Å². The van der Waals surface area contributed by atoms with Gasteiger partial charge in [-0.1, -0.05) is 188 Å². The van der Waals surface area contributed by atoms with E-state index in [2.05, 4.69) is 32.4 Å². The van der Waals surface area contributed by atoms with Gasteiger partial charge in [0.25, 0.3) is 17.7 Å². The highest BCUT2D eigenvalue weighted by molar-refractivity contribution is 7.11. The van der Waals surface area contributed by atoms with Crippen molar-refractivity contribution in [2.75, 3.05) is 46.8 Å². The van der Waals surface area contributed by atoms with E-state index in [1.54, 1.807) is 62.6 Å². The molecule has 0 radical (unpaired) electrons. The quantitative estimate of drug-likeness (QED) is 0.0306. The molecule has 8 aromatic carbocycles. The number of unbranched alkanes of at least 4 members (excludes halogenated alkanes) is 1. The molecule has 1 saturated heterocycles. The number of halogens is 1. The minimum absolute atomic E-state index is 0.00420. The second-order valence-electron chi connectivity index (χ2n) is 34.4. The summed E-state index contributed by atoms with van der Waals surface area (Å²) in [5, 5.41) is 26.0. The minimum Gasteiger partial charge on any atom is -0.475 e. The number of pyridine rings is 2. The summed E-state index contributed by atoms with van der Waals surface area (Å²) in [5.41, 5.74) is 38.9. The number of ether oxygens (including phenoxy) is 2. The molecule has 7 atom stereocenters. The Hall–Kier alpha value is -15.0.